The largest absolute Gasteiger partial charge is 0.336 e. The van der Waals surface area contributed by atoms with Crippen molar-refractivity contribution in [2.45, 2.75) is 19.4 Å². The van der Waals surface area contributed by atoms with E-state index in [0.717, 1.165) is 16.5 Å². The van der Waals surface area contributed by atoms with Gasteiger partial charge in [0.15, 0.2) is 0 Å². The molecule has 1 atom stereocenters. The number of hydrogen-bond acceptors (Lipinski definition) is 4. The van der Waals surface area contributed by atoms with Crippen LogP contribution in [0.3, 0.4) is 0 Å². The number of nitrogens with zero attached hydrogens (tertiary/aromatic N) is 3. The summed E-state index contributed by atoms with van der Waals surface area (Å²) in [5, 5.41) is 3.48. The molecular formula is C18H18N4O3. The van der Waals surface area contributed by atoms with Crippen LogP contribution >= 0.6 is 0 Å². The molecule has 1 unspecified atom stereocenters. The standard InChI is InChI=1S/C18H18N4O3/c1-11-4-6-19-15-3-2-12(8-14(11)15)17(24)21-7-5-13(10-21)22-16(23)9-20-18(22)25/h2-4,6,8,13H,5,7,9-10H2,1H3,(H,20,25). The smallest absolute Gasteiger partial charge is 0.324 e. The number of carbonyl (C=O) groups excluding carboxylic acids is 3. The van der Waals surface area contributed by atoms with Crippen LogP contribution in [0.5, 0.6) is 0 Å². The molecule has 1 aromatic heterocycles. The van der Waals surface area contributed by atoms with Crippen LogP contribution in [-0.4, -0.2) is 58.3 Å². The van der Waals surface area contributed by atoms with Crippen molar-refractivity contribution in [1.82, 2.24) is 20.1 Å². The summed E-state index contributed by atoms with van der Waals surface area (Å²) in [5.41, 5.74) is 2.52. The lowest BCUT2D eigenvalue weighted by atomic mass is 10.1. The maximum Gasteiger partial charge on any atom is 0.324 e. The van der Waals surface area contributed by atoms with Gasteiger partial charge in [-0.3, -0.25) is 19.5 Å². The van der Waals surface area contributed by atoms with E-state index >= 15 is 0 Å². The summed E-state index contributed by atoms with van der Waals surface area (Å²) in [7, 11) is 0. The zero-order chi connectivity index (χ0) is 17.6. The van der Waals surface area contributed by atoms with Gasteiger partial charge in [-0.25, -0.2) is 4.79 Å². The number of amides is 4. The lowest BCUT2D eigenvalue weighted by Crippen LogP contribution is -2.42. The zero-order valence-corrected chi connectivity index (χ0v) is 13.9. The van der Waals surface area contributed by atoms with Gasteiger partial charge >= 0.3 is 6.03 Å². The first-order chi connectivity index (χ1) is 12.0. The van der Waals surface area contributed by atoms with Crippen LogP contribution in [0.4, 0.5) is 4.79 Å². The fraction of sp³-hybridized carbons (Fsp3) is 0.333. The Labute approximate surface area is 144 Å². The van der Waals surface area contributed by atoms with Gasteiger partial charge in [0.05, 0.1) is 18.1 Å². The van der Waals surface area contributed by atoms with Gasteiger partial charge in [-0.15, -0.1) is 0 Å². The lowest BCUT2D eigenvalue weighted by Gasteiger charge is -2.21. The minimum absolute atomic E-state index is 0.0419. The molecule has 7 heteroatoms. The second kappa shape index (κ2) is 5.84. The highest BCUT2D eigenvalue weighted by molar-refractivity contribution is 6.03. The molecule has 7 nitrogen and oxygen atoms in total. The molecule has 0 bridgehead atoms. The Morgan fingerprint density at radius 1 is 1.28 bits per heavy atom. The third-order valence-corrected chi connectivity index (χ3v) is 4.90. The molecule has 2 aliphatic heterocycles. The second-order valence-electron chi connectivity index (χ2n) is 6.48. The van der Waals surface area contributed by atoms with Gasteiger partial charge in [-0.2, -0.15) is 0 Å². The van der Waals surface area contributed by atoms with E-state index in [9.17, 15) is 14.4 Å². The number of aromatic nitrogens is 1. The third kappa shape index (κ3) is 2.61. The van der Waals surface area contributed by atoms with Gasteiger partial charge < -0.3 is 10.2 Å². The number of hydrogen-bond donors (Lipinski definition) is 1. The molecule has 2 aromatic rings. The molecule has 0 spiro atoms. The number of fused-ring (bicyclic) bond motifs is 1. The molecule has 2 aliphatic rings. The maximum absolute atomic E-state index is 12.8. The summed E-state index contributed by atoms with van der Waals surface area (Å²) in [6.45, 7) is 2.94. The molecule has 128 valence electrons. The van der Waals surface area contributed by atoms with Crippen LogP contribution in [0.1, 0.15) is 22.3 Å². The van der Waals surface area contributed by atoms with Gasteiger partial charge in [0.1, 0.15) is 0 Å². The van der Waals surface area contributed by atoms with Crippen LogP contribution in [0, 0.1) is 6.92 Å². The Bertz CT molecular complexity index is 879. The van der Waals surface area contributed by atoms with Crippen molar-refractivity contribution in [3.63, 3.8) is 0 Å². The third-order valence-electron chi connectivity index (χ3n) is 4.90. The van der Waals surface area contributed by atoms with Crippen LogP contribution in [0.2, 0.25) is 0 Å². The number of benzene rings is 1. The van der Waals surface area contributed by atoms with Crippen LogP contribution in [0.25, 0.3) is 10.9 Å². The molecule has 4 rings (SSSR count). The van der Waals surface area contributed by atoms with E-state index in [1.807, 2.05) is 25.1 Å². The topological polar surface area (TPSA) is 82.6 Å². The number of likely N-dealkylation sites (tertiary alicyclic amines) is 1. The number of nitrogens with one attached hydrogen (secondary N) is 1. The minimum Gasteiger partial charge on any atom is -0.336 e. The minimum atomic E-state index is -0.364. The molecular weight excluding hydrogens is 320 g/mol. The summed E-state index contributed by atoms with van der Waals surface area (Å²) in [4.78, 5) is 43.7. The van der Waals surface area contributed by atoms with Crippen molar-refractivity contribution in [2.75, 3.05) is 19.6 Å². The maximum atomic E-state index is 12.8. The quantitative estimate of drug-likeness (QED) is 0.837. The second-order valence-corrected chi connectivity index (χ2v) is 6.48. The highest BCUT2D eigenvalue weighted by atomic mass is 16.2. The van der Waals surface area contributed by atoms with E-state index in [4.69, 9.17) is 0 Å². The van der Waals surface area contributed by atoms with Gasteiger partial charge in [-0.1, -0.05) is 0 Å². The van der Waals surface area contributed by atoms with E-state index in [0.29, 0.717) is 25.1 Å². The fourth-order valence-corrected chi connectivity index (χ4v) is 3.54. The van der Waals surface area contributed by atoms with Crippen molar-refractivity contribution >= 4 is 28.7 Å². The zero-order valence-electron chi connectivity index (χ0n) is 13.9. The molecule has 1 aromatic carbocycles. The normalized spacial score (nSPS) is 20.4. The van der Waals surface area contributed by atoms with Gasteiger partial charge in [0, 0.05) is 30.2 Å². The predicted molar refractivity (Wildman–Crippen MR) is 91.0 cm³/mol. The lowest BCUT2D eigenvalue weighted by molar-refractivity contribution is -0.126. The number of aryl methyl sites for hydroxylation is 1. The highest BCUT2D eigenvalue weighted by Crippen LogP contribution is 2.23. The van der Waals surface area contributed by atoms with E-state index in [2.05, 4.69) is 10.3 Å². The van der Waals surface area contributed by atoms with Crippen molar-refractivity contribution in [3.8, 4) is 0 Å². The monoisotopic (exact) mass is 338 g/mol. The summed E-state index contributed by atoms with van der Waals surface area (Å²) >= 11 is 0. The molecule has 2 fully saturated rings. The SMILES string of the molecule is Cc1ccnc2ccc(C(=O)N3CCC(N4C(=O)CNC4=O)C3)cc12. The number of carbonyl (C=O) groups is 3. The molecule has 4 amide bonds. The van der Waals surface area contributed by atoms with E-state index in [1.54, 1.807) is 17.2 Å². The first-order valence-corrected chi connectivity index (χ1v) is 8.29. The molecule has 0 aliphatic carbocycles. The Balaban J connectivity index is 1.55. The first-order valence-electron chi connectivity index (χ1n) is 8.29. The Hall–Kier alpha value is -2.96. The molecule has 0 radical (unpaired) electrons. The first kappa shape index (κ1) is 15.6. The molecule has 1 N–H and O–H groups in total. The summed E-state index contributed by atoms with van der Waals surface area (Å²) < 4.78 is 0. The van der Waals surface area contributed by atoms with Crippen molar-refractivity contribution < 1.29 is 14.4 Å². The van der Waals surface area contributed by atoms with E-state index < -0.39 is 0 Å². The van der Waals surface area contributed by atoms with E-state index in [1.165, 1.54) is 4.90 Å². The summed E-state index contributed by atoms with van der Waals surface area (Å²) in [6, 6.07) is 6.79. The molecule has 0 saturated carbocycles. The Kier molecular flexibility index (Phi) is 3.63. The van der Waals surface area contributed by atoms with Crippen LogP contribution in [0.15, 0.2) is 30.5 Å². The average Bonchev–Trinajstić information content (AvgIpc) is 3.21. The molecule has 3 heterocycles. The fourth-order valence-electron chi connectivity index (χ4n) is 3.54. The van der Waals surface area contributed by atoms with Gasteiger partial charge in [0.25, 0.3) is 5.91 Å². The number of imide groups is 1. The van der Waals surface area contributed by atoms with Gasteiger partial charge in [0.2, 0.25) is 5.91 Å². The predicted octanol–water partition coefficient (Wildman–Crippen LogP) is 1.31. The van der Waals surface area contributed by atoms with Crippen molar-refractivity contribution in [1.29, 1.82) is 0 Å². The number of pyridine rings is 1. The van der Waals surface area contributed by atoms with Crippen molar-refractivity contribution in [3.05, 3.63) is 41.6 Å². The van der Waals surface area contributed by atoms with Crippen molar-refractivity contribution in [2.24, 2.45) is 0 Å². The Morgan fingerprint density at radius 3 is 2.88 bits per heavy atom. The number of rotatable bonds is 2. The Morgan fingerprint density at radius 2 is 2.12 bits per heavy atom. The highest BCUT2D eigenvalue weighted by Gasteiger charge is 2.39. The average molecular weight is 338 g/mol. The number of urea groups is 1. The van der Waals surface area contributed by atoms with E-state index in [-0.39, 0.29) is 30.4 Å². The molecule has 2 saturated heterocycles. The summed E-state index contributed by atoms with van der Waals surface area (Å²) in [6.07, 6.45) is 2.36. The summed E-state index contributed by atoms with van der Waals surface area (Å²) in [5.74, 6) is -0.309. The molecule has 25 heavy (non-hydrogen) atoms. The van der Waals surface area contributed by atoms with Crippen LogP contribution < -0.4 is 5.32 Å². The van der Waals surface area contributed by atoms with Gasteiger partial charge in [-0.05, 0) is 43.2 Å². The van der Waals surface area contributed by atoms with Crippen LogP contribution in [-0.2, 0) is 4.79 Å².